The molecule has 0 unspecified atom stereocenters. The van der Waals surface area contributed by atoms with Crippen molar-refractivity contribution >= 4 is 40.4 Å². The Morgan fingerprint density at radius 1 is 1.04 bits per heavy atom. The van der Waals surface area contributed by atoms with Gasteiger partial charge in [0.25, 0.3) is 0 Å². The first-order valence-electron chi connectivity index (χ1n) is 7.39. The lowest BCUT2D eigenvalue weighted by Crippen LogP contribution is -2.12. The largest absolute Gasteiger partial charge is 0.493 e. The molecule has 0 spiro atoms. The van der Waals surface area contributed by atoms with Gasteiger partial charge in [-0.05, 0) is 58.5 Å². The summed E-state index contributed by atoms with van der Waals surface area (Å²) >= 11 is 2.18. The van der Waals surface area contributed by atoms with Gasteiger partial charge in [0, 0.05) is 15.2 Å². The lowest BCUT2D eigenvalue weighted by atomic mass is 10.1. The van der Waals surface area contributed by atoms with Crippen LogP contribution in [0.25, 0.3) is 6.08 Å². The van der Waals surface area contributed by atoms with Gasteiger partial charge in [-0.25, -0.2) is 4.79 Å². The van der Waals surface area contributed by atoms with Crippen molar-refractivity contribution in [3.63, 3.8) is 0 Å². The molecule has 2 aromatic rings. The number of esters is 1. The zero-order valence-electron chi connectivity index (χ0n) is 13.8. The fourth-order valence-electron chi connectivity index (χ4n) is 2.00. The highest BCUT2D eigenvalue weighted by molar-refractivity contribution is 14.1. The van der Waals surface area contributed by atoms with Crippen LogP contribution in [-0.2, 0) is 9.53 Å². The van der Waals surface area contributed by atoms with Gasteiger partial charge in [0.1, 0.15) is 0 Å². The number of halogens is 1. The van der Waals surface area contributed by atoms with Gasteiger partial charge in [0.05, 0.1) is 14.2 Å². The van der Waals surface area contributed by atoms with Crippen molar-refractivity contribution in [2.24, 2.45) is 0 Å². The Hall–Kier alpha value is -2.35. The molecule has 0 bridgehead atoms. The first-order chi connectivity index (χ1) is 12.0. The molecule has 25 heavy (non-hydrogen) atoms. The van der Waals surface area contributed by atoms with Crippen LogP contribution in [-0.4, -0.2) is 32.6 Å². The van der Waals surface area contributed by atoms with Crippen molar-refractivity contribution in [3.05, 3.63) is 63.2 Å². The minimum absolute atomic E-state index is 0.0890. The van der Waals surface area contributed by atoms with Crippen molar-refractivity contribution in [2.45, 2.75) is 0 Å². The zero-order valence-corrected chi connectivity index (χ0v) is 16.0. The van der Waals surface area contributed by atoms with E-state index >= 15 is 0 Å². The van der Waals surface area contributed by atoms with E-state index in [4.69, 9.17) is 9.47 Å². The second-order valence-electron chi connectivity index (χ2n) is 4.99. The molecule has 2 rings (SSSR count). The molecule has 0 heterocycles. The quantitative estimate of drug-likeness (QED) is 0.277. The molecular formula is C19H17IO5. The van der Waals surface area contributed by atoms with Crippen LogP contribution in [0.4, 0.5) is 0 Å². The number of carbonyl (C=O) groups is 2. The van der Waals surface area contributed by atoms with Crippen LogP contribution in [0.2, 0.25) is 0 Å². The summed E-state index contributed by atoms with van der Waals surface area (Å²) in [4.78, 5) is 23.3. The van der Waals surface area contributed by atoms with E-state index in [-0.39, 0.29) is 12.4 Å². The Kier molecular flexibility index (Phi) is 7.00. The summed E-state index contributed by atoms with van der Waals surface area (Å²) in [5, 5.41) is 0. The number of carbonyl (C=O) groups excluding carboxylic acids is 2. The summed E-state index contributed by atoms with van der Waals surface area (Å²) in [5.74, 6) is 0.370. The Labute approximate surface area is 159 Å². The number of methoxy groups -OCH3 is 2. The first-order valence-corrected chi connectivity index (χ1v) is 8.47. The summed E-state index contributed by atoms with van der Waals surface area (Å²) in [6.45, 7) is -0.0890. The minimum Gasteiger partial charge on any atom is -0.493 e. The van der Waals surface area contributed by atoms with Crippen molar-refractivity contribution < 1.29 is 23.8 Å². The normalized spacial score (nSPS) is 10.5. The van der Waals surface area contributed by atoms with Crippen molar-refractivity contribution in [2.75, 3.05) is 20.8 Å². The Bertz CT molecular complexity index is 781. The second kappa shape index (κ2) is 9.22. The maximum absolute atomic E-state index is 12.2. The molecule has 130 valence electrons. The van der Waals surface area contributed by atoms with Gasteiger partial charge in [-0.1, -0.05) is 18.2 Å². The lowest BCUT2D eigenvalue weighted by Gasteiger charge is -2.11. The molecule has 2 aromatic carbocycles. The van der Waals surface area contributed by atoms with Crippen molar-refractivity contribution in [1.82, 2.24) is 0 Å². The highest BCUT2D eigenvalue weighted by Gasteiger charge is 2.10. The van der Waals surface area contributed by atoms with Crippen LogP contribution in [0.1, 0.15) is 15.9 Å². The fraction of sp³-hybridized carbons (Fsp3) is 0.158. The average molecular weight is 452 g/mol. The number of ether oxygens (including phenoxy) is 3. The smallest absolute Gasteiger partial charge is 0.330 e. The topological polar surface area (TPSA) is 61.8 Å². The van der Waals surface area contributed by atoms with Gasteiger partial charge in [0.2, 0.25) is 0 Å². The molecule has 6 heteroatoms. The van der Waals surface area contributed by atoms with Crippen LogP contribution >= 0.6 is 22.6 Å². The maximum atomic E-state index is 12.2. The highest BCUT2D eigenvalue weighted by atomic mass is 127. The number of hydrogen-bond donors (Lipinski definition) is 0. The number of benzene rings is 2. The summed E-state index contributed by atoms with van der Waals surface area (Å²) in [6.07, 6.45) is 2.92. The molecule has 0 saturated heterocycles. The van der Waals surface area contributed by atoms with E-state index in [2.05, 4.69) is 27.3 Å². The molecule has 0 aliphatic carbocycles. The van der Waals surface area contributed by atoms with Crippen LogP contribution in [0.5, 0.6) is 11.5 Å². The SMILES string of the molecule is COC(=O)/C=C/c1ccc(OCC(=O)c2ccc(I)cc2)c(OC)c1. The molecule has 0 atom stereocenters. The molecular weight excluding hydrogens is 435 g/mol. The van der Waals surface area contributed by atoms with Gasteiger partial charge in [-0.15, -0.1) is 0 Å². The number of ketones is 1. The second-order valence-corrected chi connectivity index (χ2v) is 6.23. The van der Waals surface area contributed by atoms with E-state index in [9.17, 15) is 9.59 Å². The zero-order chi connectivity index (χ0) is 18.2. The summed E-state index contributed by atoms with van der Waals surface area (Å²) in [6, 6.07) is 12.4. The van der Waals surface area contributed by atoms with E-state index in [1.165, 1.54) is 20.3 Å². The predicted octanol–water partition coefficient (Wildman–Crippen LogP) is 3.75. The third-order valence-electron chi connectivity index (χ3n) is 3.33. The Morgan fingerprint density at radius 3 is 2.40 bits per heavy atom. The summed E-state index contributed by atoms with van der Waals surface area (Å²) in [7, 11) is 2.83. The van der Waals surface area contributed by atoms with Crippen LogP contribution in [0.3, 0.4) is 0 Å². The Balaban J connectivity index is 2.06. The number of rotatable bonds is 7. The number of hydrogen-bond acceptors (Lipinski definition) is 5. The van der Waals surface area contributed by atoms with Crippen molar-refractivity contribution in [1.29, 1.82) is 0 Å². The predicted molar refractivity (Wildman–Crippen MR) is 103 cm³/mol. The van der Waals surface area contributed by atoms with Crippen molar-refractivity contribution in [3.8, 4) is 11.5 Å². The monoisotopic (exact) mass is 452 g/mol. The minimum atomic E-state index is -0.442. The van der Waals surface area contributed by atoms with E-state index in [1.54, 1.807) is 36.4 Å². The van der Waals surface area contributed by atoms with E-state index in [0.717, 1.165) is 9.13 Å². The molecule has 0 aromatic heterocycles. The van der Waals surface area contributed by atoms with E-state index in [1.807, 2.05) is 12.1 Å². The molecule has 0 aliphatic heterocycles. The highest BCUT2D eigenvalue weighted by Crippen LogP contribution is 2.28. The number of Topliss-reactive ketones (excluding diaryl/α,β-unsaturated/α-hetero) is 1. The Morgan fingerprint density at radius 2 is 1.76 bits per heavy atom. The van der Waals surface area contributed by atoms with Crippen LogP contribution in [0, 0.1) is 3.57 Å². The molecule has 0 saturated carbocycles. The van der Waals surface area contributed by atoms with E-state index in [0.29, 0.717) is 17.1 Å². The third kappa shape index (κ3) is 5.60. The summed E-state index contributed by atoms with van der Waals surface area (Å²) in [5.41, 5.74) is 1.34. The molecule has 0 fully saturated rings. The van der Waals surface area contributed by atoms with Crippen LogP contribution < -0.4 is 9.47 Å². The molecule has 0 N–H and O–H groups in total. The molecule has 0 aliphatic rings. The van der Waals surface area contributed by atoms with E-state index < -0.39 is 5.97 Å². The third-order valence-corrected chi connectivity index (χ3v) is 4.04. The van der Waals surface area contributed by atoms with Gasteiger partial charge in [-0.3, -0.25) is 4.79 Å². The van der Waals surface area contributed by atoms with Gasteiger partial charge in [0.15, 0.2) is 23.9 Å². The molecule has 5 nitrogen and oxygen atoms in total. The average Bonchev–Trinajstić information content (AvgIpc) is 2.64. The molecule has 0 amide bonds. The standard InChI is InChI=1S/C19H17IO5/c1-23-18-11-13(4-10-19(22)24-2)3-9-17(18)25-12-16(21)14-5-7-15(20)8-6-14/h3-11H,12H2,1-2H3/b10-4+. The van der Waals surface area contributed by atoms with Crippen LogP contribution in [0.15, 0.2) is 48.5 Å². The summed E-state index contributed by atoms with van der Waals surface area (Å²) < 4.78 is 16.5. The van der Waals surface area contributed by atoms with Gasteiger partial charge >= 0.3 is 5.97 Å². The fourth-order valence-corrected chi connectivity index (χ4v) is 2.36. The van der Waals surface area contributed by atoms with Gasteiger partial charge < -0.3 is 14.2 Å². The lowest BCUT2D eigenvalue weighted by molar-refractivity contribution is -0.134. The maximum Gasteiger partial charge on any atom is 0.330 e. The molecule has 0 radical (unpaired) electrons. The first kappa shape index (κ1) is 19.0. The van der Waals surface area contributed by atoms with Gasteiger partial charge in [-0.2, -0.15) is 0 Å².